The van der Waals surface area contributed by atoms with Crippen molar-refractivity contribution in [3.8, 4) is 0 Å². The van der Waals surface area contributed by atoms with E-state index in [-0.39, 0.29) is 22.8 Å². The van der Waals surface area contributed by atoms with E-state index in [9.17, 15) is 9.90 Å². The Hall–Kier alpha value is -1.05. The van der Waals surface area contributed by atoms with Gasteiger partial charge in [0.25, 0.3) is 0 Å². The van der Waals surface area contributed by atoms with Crippen LogP contribution in [-0.4, -0.2) is 32.7 Å². The molecule has 88 valence electrons. The molecule has 0 aromatic carbocycles. The molecule has 2 rings (SSSR count). The van der Waals surface area contributed by atoms with Gasteiger partial charge in [0, 0.05) is 18.7 Å². The van der Waals surface area contributed by atoms with Crippen molar-refractivity contribution in [2.24, 2.45) is 0 Å². The van der Waals surface area contributed by atoms with Crippen LogP contribution in [-0.2, 0) is 0 Å². The van der Waals surface area contributed by atoms with Gasteiger partial charge >= 0.3 is 5.76 Å². The Labute approximate surface area is 95.0 Å². The molecular weight excluding hydrogens is 232 g/mol. The lowest BCUT2D eigenvalue weighted by molar-refractivity contribution is 0.137. The first-order valence-corrected chi connectivity index (χ1v) is 5.77. The van der Waals surface area contributed by atoms with Gasteiger partial charge < -0.3 is 14.6 Å². The van der Waals surface area contributed by atoms with E-state index in [1.807, 2.05) is 0 Å². The van der Waals surface area contributed by atoms with Gasteiger partial charge in [0.1, 0.15) is 0 Å². The summed E-state index contributed by atoms with van der Waals surface area (Å²) in [5, 5.41) is 25.2. The molecule has 0 radical (unpaired) electrons. The summed E-state index contributed by atoms with van der Waals surface area (Å²) in [7, 11) is 0. The van der Waals surface area contributed by atoms with Crippen LogP contribution >= 0.6 is 11.8 Å². The van der Waals surface area contributed by atoms with Crippen LogP contribution in [0.4, 0.5) is 0 Å². The number of aliphatic hydroxyl groups excluding tert-OH is 2. The summed E-state index contributed by atoms with van der Waals surface area (Å²) in [6.45, 7) is -0.120. The molecule has 1 fully saturated rings. The van der Waals surface area contributed by atoms with E-state index in [2.05, 4.69) is 4.42 Å². The van der Waals surface area contributed by atoms with Crippen molar-refractivity contribution >= 4 is 11.8 Å². The van der Waals surface area contributed by atoms with Crippen molar-refractivity contribution in [1.82, 2.24) is 4.57 Å². The number of hydrogen-bond donors (Lipinski definition) is 3. The Kier molecular flexibility index (Phi) is 3.17. The van der Waals surface area contributed by atoms with E-state index >= 15 is 0 Å². The van der Waals surface area contributed by atoms with E-state index in [0.29, 0.717) is 6.42 Å². The molecule has 0 saturated carbocycles. The highest BCUT2D eigenvalue weighted by Crippen LogP contribution is 2.40. The number of nitrogens with zero attached hydrogens (tertiary/aromatic N) is 1. The monoisotopic (exact) mass is 244 g/mol. The van der Waals surface area contributed by atoms with Gasteiger partial charge in [0.2, 0.25) is 5.55 Å². The van der Waals surface area contributed by atoms with Crippen LogP contribution in [0.1, 0.15) is 11.8 Å². The first-order valence-electron chi connectivity index (χ1n) is 4.83. The number of aromatic nitrogens is 1. The predicted octanol–water partition coefficient (Wildman–Crippen LogP) is -0.722. The van der Waals surface area contributed by atoms with Crippen molar-refractivity contribution < 1.29 is 14.6 Å². The van der Waals surface area contributed by atoms with Gasteiger partial charge in [-0.3, -0.25) is 9.98 Å². The van der Waals surface area contributed by atoms with Crippen molar-refractivity contribution in [1.29, 1.82) is 5.41 Å². The molecule has 1 aliphatic heterocycles. The van der Waals surface area contributed by atoms with Crippen LogP contribution < -0.4 is 11.3 Å². The molecule has 7 heteroatoms. The highest BCUT2D eigenvalue weighted by molar-refractivity contribution is 8.00. The lowest BCUT2D eigenvalue weighted by Gasteiger charge is -2.11. The number of thioether (sulfide) groups is 1. The fraction of sp³-hybridized carbons (Fsp3) is 0.556. The van der Waals surface area contributed by atoms with Crippen LogP contribution in [0.15, 0.2) is 21.5 Å². The summed E-state index contributed by atoms with van der Waals surface area (Å²) >= 11 is 1.33. The van der Waals surface area contributed by atoms with E-state index < -0.39 is 11.9 Å². The largest absolute Gasteiger partial charge is 0.421 e. The van der Waals surface area contributed by atoms with Crippen molar-refractivity contribution in [2.75, 3.05) is 6.61 Å². The zero-order chi connectivity index (χ0) is 11.7. The van der Waals surface area contributed by atoms with Gasteiger partial charge in [0.15, 0.2) is 0 Å². The first-order chi connectivity index (χ1) is 7.61. The molecule has 0 aliphatic carbocycles. The van der Waals surface area contributed by atoms with Crippen LogP contribution in [0, 0.1) is 5.41 Å². The molecule has 0 amide bonds. The quantitative estimate of drug-likeness (QED) is 0.637. The molecule has 1 aliphatic rings. The maximum atomic E-state index is 11.4. The Morgan fingerprint density at radius 1 is 1.69 bits per heavy atom. The molecule has 3 atom stereocenters. The number of hydrogen-bond acceptors (Lipinski definition) is 6. The highest BCUT2D eigenvalue weighted by Gasteiger charge is 2.34. The molecule has 6 nitrogen and oxygen atoms in total. The van der Waals surface area contributed by atoms with Crippen LogP contribution in [0.25, 0.3) is 0 Å². The Bertz CT molecular complexity index is 483. The van der Waals surface area contributed by atoms with E-state index in [4.69, 9.17) is 10.5 Å². The normalized spacial score (nSPS) is 29.5. The van der Waals surface area contributed by atoms with Gasteiger partial charge in [-0.25, -0.2) is 4.79 Å². The standard InChI is InChI=1S/C9H12N2O4S/c10-7-1-2-11(9(14)15-7)8-3-5(13)6(4-12)16-8/h1-2,5-6,8,10,12-13H,3-4H2/t5-,6+,8+/m0/s1. The third-order valence-electron chi connectivity index (χ3n) is 2.49. The average Bonchev–Trinajstić information content (AvgIpc) is 2.59. The number of aliphatic hydroxyl groups is 2. The molecule has 1 aromatic rings. The average molecular weight is 244 g/mol. The van der Waals surface area contributed by atoms with Gasteiger partial charge in [-0.15, -0.1) is 11.8 Å². The topological polar surface area (TPSA) is 99.5 Å². The third-order valence-corrected chi connectivity index (χ3v) is 4.04. The second-order valence-electron chi connectivity index (χ2n) is 3.57. The van der Waals surface area contributed by atoms with Crippen LogP contribution in [0.3, 0.4) is 0 Å². The van der Waals surface area contributed by atoms with Gasteiger partial charge in [-0.05, 0) is 0 Å². The minimum absolute atomic E-state index is 0.120. The third kappa shape index (κ3) is 2.06. The molecule has 1 aromatic heterocycles. The fourth-order valence-corrected chi connectivity index (χ4v) is 3.03. The summed E-state index contributed by atoms with van der Waals surface area (Å²) in [6.07, 6.45) is 1.24. The first kappa shape index (κ1) is 11.4. The van der Waals surface area contributed by atoms with Gasteiger partial charge in [0.05, 0.1) is 23.3 Å². The maximum Gasteiger partial charge on any atom is 0.421 e. The van der Waals surface area contributed by atoms with Crippen molar-refractivity contribution in [3.63, 3.8) is 0 Å². The summed E-state index contributed by atoms with van der Waals surface area (Å²) in [5.74, 6) is -0.615. The van der Waals surface area contributed by atoms with Crippen molar-refractivity contribution in [2.45, 2.75) is 23.1 Å². The van der Waals surface area contributed by atoms with Crippen LogP contribution in [0.2, 0.25) is 0 Å². The highest BCUT2D eigenvalue weighted by atomic mass is 32.2. The molecule has 2 heterocycles. The number of nitrogens with one attached hydrogen (secondary N) is 1. The van der Waals surface area contributed by atoms with E-state index in [1.54, 1.807) is 0 Å². The SMILES string of the molecule is N=c1ccn([C@H]2C[C@H](O)[C@@H](CO)S2)c(=O)o1. The van der Waals surface area contributed by atoms with Crippen molar-refractivity contribution in [3.05, 3.63) is 28.4 Å². The van der Waals surface area contributed by atoms with E-state index in [0.717, 1.165) is 0 Å². The second kappa shape index (κ2) is 4.44. The van der Waals surface area contributed by atoms with E-state index in [1.165, 1.54) is 28.6 Å². The maximum absolute atomic E-state index is 11.4. The second-order valence-corrected chi connectivity index (χ2v) is 4.99. The van der Waals surface area contributed by atoms with Gasteiger partial charge in [-0.2, -0.15) is 0 Å². The Morgan fingerprint density at radius 3 is 3.00 bits per heavy atom. The summed E-state index contributed by atoms with van der Waals surface area (Å²) < 4.78 is 5.98. The molecule has 16 heavy (non-hydrogen) atoms. The van der Waals surface area contributed by atoms with Gasteiger partial charge in [-0.1, -0.05) is 0 Å². The molecule has 3 N–H and O–H groups in total. The lowest BCUT2D eigenvalue weighted by atomic mass is 10.2. The minimum Gasteiger partial charge on any atom is -0.395 e. The predicted molar refractivity (Wildman–Crippen MR) is 56.9 cm³/mol. The molecule has 0 bridgehead atoms. The molecule has 0 unspecified atom stereocenters. The smallest absolute Gasteiger partial charge is 0.395 e. The zero-order valence-corrected chi connectivity index (χ0v) is 9.18. The Morgan fingerprint density at radius 2 is 2.44 bits per heavy atom. The minimum atomic E-state index is -0.623. The fourth-order valence-electron chi connectivity index (χ4n) is 1.65. The lowest BCUT2D eigenvalue weighted by Crippen LogP contribution is -2.25. The Balaban J connectivity index is 2.27. The molecule has 1 saturated heterocycles. The summed E-state index contributed by atoms with van der Waals surface area (Å²) in [6, 6.07) is 1.38. The summed E-state index contributed by atoms with van der Waals surface area (Å²) in [4.78, 5) is 11.4. The molecular formula is C9H12N2O4S. The summed E-state index contributed by atoms with van der Waals surface area (Å²) in [5.41, 5.74) is -0.191. The molecule has 0 spiro atoms. The van der Waals surface area contributed by atoms with Crippen LogP contribution in [0.5, 0.6) is 0 Å². The zero-order valence-electron chi connectivity index (χ0n) is 8.37. The number of rotatable bonds is 2.